The van der Waals surface area contributed by atoms with Crippen LogP contribution in [0.2, 0.25) is 0 Å². The van der Waals surface area contributed by atoms with E-state index in [-0.39, 0.29) is 58.8 Å². The Kier molecular flexibility index (Phi) is 8.98. The molecule has 4 amide bonds. The fourth-order valence-electron chi connectivity index (χ4n) is 4.39. The van der Waals surface area contributed by atoms with E-state index in [1.165, 1.54) is 38.1 Å². The lowest BCUT2D eigenvalue weighted by atomic mass is 9.86. The minimum atomic E-state index is -0.521. The number of carbonyl (C=O) groups excluding carboxylic acids is 6. The zero-order valence-corrected chi connectivity index (χ0v) is 22.6. The highest BCUT2D eigenvalue weighted by molar-refractivity contribution is 8.13. The minimum absolute atomic E-state index is 0.0136. The maximum Gasteiger partial charge on any atom is 0.261 e. The molecule has 2 aromatic rings. The largest absolute Gasteiger partial charge is 0.379 e. The number of hydrogen-bond acceptors (Lipinski definition) is 10. The van der Waals surface area contributed by atoms with Gasteiger partial charge in [-0.2, -0.15) is 0 Å². The van der Waals surface area contributed by atoms with Crippen LogP contribution in [0.3, 0.4) is 0 Å². The topological polar surface area (TPSA) is 127 Å². The Morgan fingerprint density at radius 3 is 1.21 bits per heavy atom. The normalized spacial score (nSPS) is 14.6. The molecule has 12 heteroatoms. The third-order valence-electron chi connectivity index (χ3n) is 6.05. The SMILES string of the molecule is CC(=O)SCCOCCN1C(=O)c2ccc3c4c(ccc(c24)C1=O)C(=O)N(CCOCCSC(C)=O)C3=O. The molecule has 2 aliphatic heterocycles. The van der Waals surface area contributed by atoms with Crippen molar-refractivity contribution in [2.45, 2.75) is 13.8 Å². The van der Waals surface area contributed by atoms with Crippen molar-refractivity contribution in [3.8, 4) is 0 Å². The number of benzene rings is 2. The van der Waals surface area contributed by atoms with Gasteiger partial charge in [-0.1, -0.05) is 23.5 Å². The van der Waals surface area contributed by atoms with Gasteiger partial charge in [-0.25, -0.2) is 0 Å². The van der Waals surface area contributed by atoms with Crippen LogP contribution in [0.25, 0.3) is 10.8 Å². The van der Waals surface area contributed by atoms with Gasteiger partial charge in [0.2, 0.25) is 0 Å². The maximum atomic E-state index is 13.2. The van der Waals surface area contributed by atoms with Gasteiger partial charge >= 0.3 is 0 Å². The zero-order valence-electron chi connectivity index (χ0n) is 20.9. The molecule has 2 aliphatic rings. The van der Waals surface area contributed by atoms with Crippen LogP contribution < -0.4 is 0 Å². The number of imide groups is 2. The molecule has 0 fully saturated rings. The second-order valence-corrected chi connectivity index (χ2v) is 11.0. The van der Waals surface area contributed by atoms with Gasteiger partial charge in [0.05, 0.1) is 39.5 Å². The van der Waals surface area contributed by atoms with Gasteiger partial charge in [-0.3, -0.25) is 38.6 Å². The van der Waals surface area contributed by atoms with Crippen LogP contribution >= 0.6 is 23.5 Å². The monoisotopic (exact) mass is 558 g/mol. The van der Waals surface area contributed by atoms with Crippen LogP contribution in [0, 0.1) is 0 Å². The summed E-state index contributed by atoms with van der Waals surface area (Å²) in [5.41, 5.74) is 0.973. The fraction of sp³-hybridized carbons (Fsp3) is 0.385. The van der Waals surface area contributed by atoms with Crippen LogP contribution in [-0.2, 0) is 19.1 Å². The molecular formula is C26H26N2O8S2. The van der Waals surface area contributed by atoms with E-state index in [4.69, 9.17) is 9.47 Å². The molecule has 0 bridgehead atoms. The summed E-state index contributed by atoms with van der Waals surface area (Å²) in [6.07, 6.45) is 0. The van der Waals surface area contributed by atoms with Crippen molar-refractivity contribution in [2.75, 3.05) is 51.0 Å². The van der Waals surface area contributed by atoms with Crippen molar-refractivity contribution in [3.05, 3.63) is 46.5 Å². The van der Waals surface area contributed by atoms with E-state index in [0.717, 1.165) is 33.3 Å². The first kappa shape index (κ1) is 28.0. The predicted molar refractivity (Wildman–Crippen MR) is 143 cm³/mol. The number of ether oxygens (including phenoxy) is 2. The molecule has 4 rings (SSSR count). The molecule has 0 radical (unpaired) electrons. The number of amides is 4. The minimum Gasteiger partial charge on any atom is -0.379 e. The van der Waals surface area contributed by atoms with Gasteiger partial charge < -0.3 is 9.47 Å². The number of thioether (sulfide) groups is 2. The zero-order chi connectivity index (χ0) is 27.4. The van der Waals surface area contributed by atoms with Crippen molar-refractivity contribution in [1.29, 1.82) is 0 Å². The highest BCUT2D eigenvalue weighted by Crippen LogP contribution is 2.37. The Hall–Kier alpha value is -3.06. The van der Waals surface area contributed by atoms with E-state index >= 15 is 0 Å². The number of carbonyl (C=O) groups is 6. The smallest absolute Gasteiger partial charge is 0.261 e. The molecule has 0 aliphatic carbocycles. The summed E-state index contributed by atoms with van der Waals surface area (Å²) < 4.78 is 10.9. The van der Waals surface area contributed by atoms with Crippen molar-refractivity contribution >= 4 is 68.2 Å². The molecule has 0 atom stereocenters. The predicted octanol–water partition coefficient (Wildman–Crippen LogP) is 2.62. The van der Waals surface area contributed by atoms with E-state index in [2.05, 4.69) is 0 Å². The van der Waals surface area contributed by atoms with E-state index in [1.807, 2.05) is 0 Å². The average Bonchev–Trinajstić information content (AvgIpc) is 2.88. The molecule has 200 valence electrons. The molecule has 38 heavy (non-hydrogen) atoms. The number of hydrogen-bond donors (Lipinski definition) is 0. The third kappa shape index (κ3) is 5.68. The molecule has 2 heterocycles. The van der Waals surface area contributed by atoms with Gasteiger partial charge in [0.1, 0.15) is 0 Å². The van der Waals surface area contributed by atoms with Gasteiger partial charge in [0.25, 0.3) is 23.6 Å². The molecule has 0 aromatic heterocycles. The molecule has 0 spiro atoms. The van der Waals surface area contributed by atoms with Gasteiger partial charge in [0.15, 0.2) is 10.2 Å². The molecule has 0 saturated carbocycles. The quantitative estimate of drug-likeness (QED) is 0.283. The highest BCUT2D eigenvalue weighted by Gasteiger charge is 2.39. The van der Waals surface area contributed by atoms with Crippen molar-refractivity contribution in [1.82, 2.24) is 9.80 Å². The Balaban J connectivity index is 1.50. The summed E-state index contributed by atoms with van der Waals surface area (Å²) >= 11 is 2.27. The van der Waals surface area contributed by atoms with E-state index < -0.39 is 23.6 Å². The van der Waals surface area contributed by atoms with Crippen LogP contribution in [0.4, 0.5) is 0 Å². The standard InChI is InChI=1S/C26H26N2O8S2/c1-15(29)37-13-11-35-9-7-27-23(31)17-3-5-19-22-20(6-4-18(21(17)22)24(27)32)26(34)28(25(19)33)8-10-36-12-14-38-16(2)30/h3-6H,7-14H2,1-2H3. The average molecular weight is 559 g/mol. The number of nitrogens with zero attached hydrogens (tertiary/aromatic N) is 2. The van der Waals surface area contributed by atoms with Crippen LogP contribution in [0.1, 0.15) is 55.3 Å². The fourth-order valence-corrected chi connectivity index (χ4v) is 5.36. The summed E-state index contributed by atoms with van der Waals surface area (Å²) in [4.78, 5) is 77.1. The van der Waals surface area contributed by atoms with E-state index in [0.29, 0.717) is 35.5 Å². The Morgan fingerprint density at radius 2 is 0.921 bits per heavy atom. The van der Waals surface area contributed by atoms with Crippen molar-refractivity contribution < 1.29 is 38.2 Å². The lowest BCUT2D eigenvalue weighted by Gasteiger charge is -2.31. The third-order valence-corrected chi connectivity index (χ3v) is 7.60. The second-order valence-electron chi connectivity index (χ2n) is 8.50. The molecular weight excluding hydrogens is 532 g/mol. The molecule has 2 aromatic carbocycles. The van der Waals surface area contributed by atoms with Crippen molar-refractivity contribution in [2.24, 2.45) is 0 Å². The number of rotatable bonds is 12. The molecule has 0 saturated heterocycles. The van der Waals surface area contributed by atoms with E-state index in [1.54, 1.807) is 0 Å². The van der Waals surface area contributed by atoms with Crippen LogP contribution in [0.15, 0.2) is 24.3 Å². The summed E-state index contributed by atoms with van der Waals surface area (Å²) in [5, 5.41) is 0.591. The van der Waals surface area contributed by atoms with Gasteiger partial charge in [-0.15, -0.1) is 0 Å². The highest BCUT2D eigenvalue weighted by atomic mass is 32.2. The Labute approximate surface area is 227 Å². The van der Waals surface area contributed by atoms with Gasteiger partial charge in [-0.05, 0) is 24.3 Å². The first-order valence-electron chi connectivity index (χ1n) is 12.0. The summed E-state index contributed by atoms with van der Waals surface area (Å²) in [6, 6.07) is 6.05. The maximum absolute atomic E-state index is 13.2. The van der Waals surface area contributed by atoms with Crippen LogP contribution in [-0.4, -0.2) is 94.7 Å². The first-order valence-corrected chi connectivity index (χ1v) is 13.9. The second kappa shape index (κ2) is 12.2. The molecule has 0 unspecified atom stereocenters. The Bertz CT molecular complexity index is 1170. The summed E-state index contributed by atoms with van der Waals surface area (Å²) in [7, 11) is 0. The van der Waals surface area contributed by atoms with Gasteiger partial charge in [0, 0.05) is 58.4 Å². The first-order chi connectivity index (χ1) is 18.2. The lowest BCUT2D eigenvalue weighted by molar-refractivity contribution is -0.109. The molecule has 0 N–H and O–H groups in total. The van der Waals surface area contributed by atoms with Crippen molar-refractivity contribution in [3.63, 3.8) is 0 Å². The Morgan fingerprint density at radius 1 is 0.605 bits per heavy atom. The summed E-state index contributed by atoms with van der Waals surface area (Å²) in [6.45, 7) is 3.85. The lowest BCUT2D eigenvalue weighted by Crippen LogP contribution is -2.45. The molecule has 10 nitrogen and oxygen atoms in total. The van der Waals surface area contributed by atoms with E-state index in [9.17, 15) is 28.8 Å². The summed E-state index contributed by atoms with van der Waals surface area (Å²) in [5.74, 6) is -1.12. The van der Waals surface area contributed by atoms with Crippen LogP contribution in [0.5, 0.6) is 0 Å².